The van der Waals surface area contributed by atoms with Crippen LogP contribution in [0.1, 0.15) is 32.1 Å². The molecule has 4 heterocycles. The molecule has 2 aliphatic rings. The van der Waals surface area contributed by atoms with E-state index in [2.05, 4.69) is 32.4 Å². The van der Waals surface area contributed by atoms with Crippen LogP contribution in [-0.2, 0) is 7.05 Å². The average molecular weight is 433 g/mol. The summed E-state index contributed by atoms with van der Waals surface area (Å²) in [4.78, 5) is 18.4. The van der Waals surface area contributed by atoms with Crippen LogP contribution in [0, 0.1) is 0 Å². The molecule has 166 valence electrons. The summed E-state index contributed by atoms with van der Waals surface area (Å²) in [5.41, 5.74) is 2.23. The summed E-state index contributed by atoms with van der Waals surface area (Å²) in [7, 11) is 3.75. The molecule has 3 aromatic rings. The van der Waals surface area contributed by atoms with Gasteiger partial charge in [-0.15, -0.1) is 10.2 Å². The number of hydrogen-bond donors (Lipinski definition) is 2. The second kappa shape index (κ2) is 8.35. The van der Waals surface area contributed by atoms with Crippen molar-refractivity contribution in [2.45, 2.75) is 50.2 Å². The maximum atomic E-state index is 11.9. The fraction of sp³-hybridized carbons (Fsp3) is 0.417. The number of nitrogens with zero attached hydrogens (tertiary/aromatic N) is 5. The number of rotatable bonds is 4. The average Bonchev–Trinajstić information content (AvgIpc) is 2.80. The minimum Gasteiger partial charge on any atom is -0.507 e. The number of piperidine rings is 2. The van der Waals surface area contributed by atoms with Gasteiger partial charge in [-0.25, -0.2) is 4.98 Å². The molecule has 5 rings (SSSR count). The van der Waals surface area contributed by atoms with Crippen LogP contribution >= 0.6 is 0 Å². The zero-order valence-electron chi connectivity index (χ0n) is 18.4. The van der Waals surface area contributed by atoms with Crippen LogP contribution in [0.3, 0.4) is 0 Å². The maximum Gasteiger partial charge on any atom is 0.253 e. The van der Waals surface area contributed by atoms with E-state index in [0.29, 0.717) is 40.6 Å². The van der Waals surface area contributed by atoms with Crippen molar-refractivity contribution in [3.8, 4) is 28.3 Å². The maximum absolute atomic E-state index is 11.9. The lowest BCUT2D eigenvalue weighted by Gasteiger charge is -2.43. The van der Waals surface area contributed by atoms with E-state index in [1.54, 1.807) is 19.2 Å². The van der Waals surface area contributed by atoms with Crippen LogP contribution in [0.2, 0.25) is 0 Å². The first-order valence-corrected chi connectivity index (χ1v) is 11.2. The zero-order chi connectivity index (χ0) is 22.2. The molecule has 8 heteroatoms. The summed E-state index contributed by atoms with van der Waals surface area (Å²) < 4.78 is 1.40. The van der Waals surface area contributed by atoms with Gasteiger partial charge < -0.3 is 19.9 Å². The number of aromatic hydroxyl groups is 1. The SMILES string of the molecule is CN(c1ccc(-c2ccc(-c3cc(=O)n(C)cn3)cc2O)nn1)[C@@H]1C[C@H]2CCC[C@@H](C1)N2. The Balaban J connectivity index is 1.34. The Bertz CT molecular complexity index is 1160. The highest BCUT2D eigenvalue weighted by Gasteiger charge is 2.33. The number of phenolic OH excluding ortho intramolecular Hbond substituents is 1. The highest BCUT2D eigenvalue weighted by molar-refractivity contribution is 5.73. The monoisotopic (exact) mass is 432 g/mol. The standard InChI is InChI=1S/C24H28N6O2/c1-29-14-25-21(13-24(29)32)15-6-7-19(22(31)10-15)20-8-9-23(28-27-20)30(2)18-11-16-4-3-5-17(12-18)26-16/h6-10,13-14,16-18,26,31H,3-5,11-12H2,1-2H3/t16-,17+,18-. The van der Waals surface area contributed by atoms with Gasteiger partial charge in [-0.05, 0) is 49.9 Å². The largest absolute Gasteiger partial charge is 0.507 e. The summed E-state index contributed by atoms with van der Waals surface area (Å²) in [6.07, 6.45) is 7.58. The number of benzene rings is 1. The Morgan fingerprint density at radius 1 is 1.06 bits per heavy atom. The molecular weight excluding hydrogens is 404 g/mol. The van der Waals surface area contributed by atoms with Gasteiger partial charge in [-0.3, -0.25) is 4.79 Å². The molecule has 0 radical (unpaired) electrons. The third-order valence-electron chi connectivity index (χ3n) is 6.80. The van der Waals surface area contributed by atoms with E-state index >= 15 is 0 Å². The molecule has 2 saturated heterocycles. The van der Waals surface area contributed by atoms with Gasteiger partial charge in [0.25, 0.3) is 5.56 Å². The van der Waals surface area contributed by atoms with E-state index in [9.17, 15) is 9.90 Å². The molecule has 2 fully saturated rings. The van der Waals surface area contributed by atoms with Gasteiger partial charge in [-0.1, -0.05) is 12.5 Å². The second-order valence-electron chi connectivity index (χ2n) is 8.96. The molecule has 8 nitrogen and oxygen atoms in total. The molecule has 0 unspecified atom stereocenters. The van der Waals surface area contributed by atoms with E-state index < -0.39 is 0 Å². The van der Waals surface area contributed by atoms with Gasteiger partial charge in [0.2, 0.25) is 0 Å². The van der Waals surface area contributed by atoms with Gasteiger partial charge in [-0.2, -0.15) is 0 Å². The van der Waals surface area contributed by atoms with Crippen molar-refractivity contribution in [2.75, 3.05) is 11.9 Å². The summed E-state index contributed by atoms with van der Waals surface area (Å²) in [6.45, 7) is 0. The summed E-state index contributed by atoms with van der Waals surface area (Å²) in [5.74, 6) is 0.922. The molecular formula is C24H28N6O2. The van der Waals surface area contributed by atoms with Crippen molar-refractivity contribution >= 4 is 5.82 Å². The molecule has 0 amide bonds. The predicted octanol–water partition coefficient (Wildman–Crippen LogP) is 2.72. The topological polar surface area (TPSA) is 96.2 Å². The highest BCUT2D eigenvalue weighted by atomic mass is 16.3. The van der Waals surface area contributed by atoms with E-state index in [1.165, 1.54) is 36.2 Å². The third-order valence-corrected chi connectivity index (χ3v) is 6.80. The van der Waals surface area contributed by atoms with Gasteiger partial charge in [0.15, 0.2) is 5.82 Å². The number of hydrogen-bond acceptors (Lipinski definition) is 7. The first-order valence-electron chi connectivity index (χ1n) is 11.2. The summed E-state index contributed by atoms with van der Waals surface area (Å²) in [6, 6.07) is 12.2. The lowest BCUT2D eigenvalue weighted by molar-refractivity contribution is 0.219. The first-order chi connectivity index (χ1) is 15.5. The van der Waals surface area contributed by atoms with Crippen molar-refractivity contribution in [3.05, 3.63) is 53.1 Å². The minimum absolute atomic E-state index is 0.0755. The molecule has 2 aliphatic heterocycles. The molecule has 0 saturated carbocycles. The normalized spacial score (nSPS) is 22.5. The van der Waals surface area contributed by atoms with Crippen LogP contribution in [0.4, 0.5) is 5.82 Å². The summed E-state index contributed by atoms with van der Waals surface area (Å²) in [5, 5.41) is 23.2. The fourth-order valence-electron chi connectivity index (χ4n) is 4.92. The van der Waals surface area contributed by atoms with Gasteiger partial charge >= 0.3 is 0 Å². The van der Waals surface area contributed by atoms with Crippen LogP contribution in [0.25, 0.3) is 22.5 Å². The number of fused-ring (bicyclic) bond motifs is 2. The number of aromatic nitrogens is 4. The molecule has 0 spiro atoms. The smallest absolute Gasteiger partial charge is 0.253 e. The van der Waals surface area contributed by atoms with Crippen molar-refractivity contribution in [3.63, 3.8) is 0 Å². The lowest BCUT2D eigenvalue weighted by Crippen LogP contribution is -2.54. The quantitative estimate of drug-likeness (QED) is 0.654. The third kappa shape index (κ3) is 3.98. The Kier molecular flexibility index (Phi) is 5.38. The molecule has 2 N–H and O–H groups in total. The highest BCUT2D eigenvalue weighted by Crippen LogP contribution is 2.33. The molecule has 2 bridgehead atoms. The lowest BCUT2D eigenvalue weighted by atomic mass is 9.83. The Morgan fingerprint density at radius 3 is 2.50 bits per heavy atom. The van der Waals surface area contributed by atoms with Crippen LogP contribution in [0.5, 0.6) is 5.75 Å². The number of aryl methyl sites for hydroxylation is 1. The van der Waals surface area contributed by atoms with Crippen molar-refractivity contribution in [1.82, 2.24) is 25.1 Å². The van der Waals surface area contributed by atoms with Gasteiger partial charge in [0.05, 0.1) is 17.7 Å². The van der Waals surface area contributed by atoms with Crippen LogP contribution in [-0.4, -0.2) is 50.0 Å². The molecule has 0 aliphatic carbocycles. The van der Waals surface area contributed by atoms with Crippen LogP contribution in [0.15, 0.2) is 47.5 Å². The number of nitrogens with one attached hydrogen (secondary N) is 1. The summed E-state index contributed by atoms with van der Waals surface area (Å²) >= 11 is 0. The molecule has 2 aromatic heterocycles. The number of phenols is 1. The molecule has 3 atom stereocenters. The predicted molar refractivity (Wildman–Crippen MR) is 124 cm³/mol. The van der Waals surface area contributed by atoms with Crippen LogP contribution < -0.4 is 15.8 Å². The van der Waals surface area contributed by atoms with Crippen molar-refractivity contribution < 1.29 is 5.11 Å². The molecule has 1 aromatic carbocycles. The molecule has 32 heavy (non-hydrogen) atoms. The van der Waals surface area contributed by atoms with E-state index in [1.807, 2.05) is 18.2 Å². The Morgan fingerprint density at radius 2 is 1.84 bits per heavy atom. The fourth-order valence-corrected chi connectivity index (χ4v) is 4.92. The van der Waals surface area contributed by atoms with Crippen molar-refractivity contribution in [2.24, 2.45) is 7.05 Å². The van der Waals surface area contributed by atoms with E-state index in [4.69, 9.17) is 0 Å². The second-order valence-corrected chi connectivity index (χ2v) is 8.96. The first kappa shape index (κ1) is 20.6. The zero-order valence-corrected chi connectivity index (χ0v) is 18.4. The van der Waals surface area contributed by atoms with Gasteiger partial charge in [0.1, 0.15) is 5.75 Å². The van der Waals surface area contributed by atoms with E-state index in [-0.39, 0.29) is 11.3 Å². The van der Waals surface area contributed by atoms with Gasteiger partial charge in [0, 0.05) is 49.4 Å². The number of anilines is 1. The minimum atomic E-state index is -0.151. The van der Waals surface area contributed by atoms with E-state index in [0.717, 1.165) is 18.7 Å². The Labute approximate surface area is 187 Å². The van der Waals surface area contributed by atoms with Crippen molar-refractivity contribution in [1.29, 1.82) is 0 Å². The Hall–Kier alpha value is -3.26.